The highest BCUT2D eigenvalue weighted by molar-refractivity contribution is 5.98. The molecule has 0 spiro atoms. The fourth-order valence-corrected chi connectivity index (χ4v) is 4.99. The predicted molar refractivity (Wildman–Crippen MR) is 132 cm³/mol. The summed E-state index contributed by atoms with van der Waals surface area (Å²) in [6.45, 7) is 5.37. The van der Waals surface area contributed by atoms with Crippen molar-refractivity contribution in [2.75, 3.05) is 18.5 Å². The first-order valence-electron chi connectivity index (χ1n) is 12.8. The van der Waals surface area contributed by atoms with Gasteiger partial charge in [-0.2, -0.15) is 10.4 Å². The lowest BCUT2D eigenvalue weighted by Gasteiger charge is -2.25. The number of rotatable bonds is 9. The van der Waals surface area contributed by atoms with Crippen molar-refractivity contribution in [2.24, 2.45) is 5.92 Å². The second kappa shape index (κ2) is 11.1. The summed E-state index contributed by atoms with van der Waals surface area (Å²) in [5, 5.41) is 27.9. The van der Waals surface area contributed by atoms with Crippen LogP contribution < -0.4 is 5.32 Å². The minimum absolute atomic E-state index is 0.0991. The van der Waals surface area contributed by atoms with Crippen LogP contribution in [0.4, 0.5) is 5.82 Å². The molecule has 3 heterocycles. The Morgan fingerprint density at radius 1 is 1.32 bits per heavy atom. The van der Waals surface area contributed by atoms with E-state index in [0.717, 1.165) is 25.7 Å². The molecule has 37 heavy (non-hydrogen) atoms. The molecule has 11 heteroatoms. The van der Waals surface area contributed by atoms with Crippen LogP contribution in [0.2, 0.25) is 0 Å². The van der Waals surface area contributed by atoms with Crippen molar-refractivity contribution in [3.05, 3.63) is 30.6 Å². The molecule has 1 aliphatic carbocycles. The van der Waals surface area contributed by atoms with E-state index >= 15 is 0 Å². The Labute approximate surface area is 216 Å². The number of ether oxygens (including phenoxy) is 3. The standard InChI is InChI=1S/C26H34N5O6/c1-4-36-25(2,3)24(34)30-23-19-10-11-20(31(19)29-16-28-23)26(15-27)21(32)13-18(37-26)14-35-22(33)12-17-8-6-5-7-9-17/h10-11,13,16-18,21,32H,4-9,12,14H2,1-3H3,(H,28,29,30,34)/t18-,21-,26+/m1/s1. The number of nitrogens with one attached hydrogen (secondary N) is 1. The van der Waals surface area contributed by atoms with Gasteiger partial charge in [0, 0.05) is 19.4 Å². The molecule has 2 N–H and O–H groups in total. The van der Waals surface area contributed by atoms with E-state index in [9.17, 15) is 20.0 Å². The van der Waals surface area contributed by atoms with Crippen LogP contribution in [0.3, 0.4) is 0 Å². The number of aliphatic hydroxyl groups is 1. The zero-order valence-electron chi connectivity index (χ0n) is 21.5. The van der Waals surface area contributed by atoms with Crippen LogP contribution in [0, 0.1) is 23.7 Å². The van der Waals surface area contributed by atoms with Gasteiger partial charge in [-0.1, -0.05) is 19.3 Å². The van der Waals surface area contributed by atoms with Crippen LogP contribution in [0.25, 0.3) is 5.52 Å². The number of aromatic nitrogens is 3. The van der Waals surface area contributed by atoms with E-state index in [1.165, 1.54) is 23.7 Å². The van der Waals surface area contributed by atoms with Gasteiger partial charge in [0.25, 0.3) is 5.91 Å². The van der Waals surface area contributed by atoms with Gasteiger partial charge in [-0.3, -0.25) is 9.59 Å². The Morgan fingerprint density at radius 2 is 2.08 bits per heavy atom. The maximum atomic E-state index is 12.7. The lowest BCUT2D eigenvalue weighted by atomic mass is 9.87. The first kappa shape index (κ1) is 27.0. The zero-order valence-corrected chi connectivity index (χ0v) is 21.5. The second-order valence-corrected chi connectivity index (χ2v) is 10.1. The maximum Gasteiger partial charge on any atom is 0.306 e. The minimum atomic E-state index is -1.78. The average molecular weight is 513 g/mol. The summed E-state index contributed by atoms with van der Waals surface area (Å²) in [5.41, 5.74) is -2.20. The van der Waals surface area contributed by atoms with Crippen LogP contribution in [0.1, 0.15) is 65.0 Å². The van der Waals surface area contributed by atoms with E-state index in [1.807, 2.05) is 0 Å². The molecule has 1 amide bonds. The van der Waals surface area contributed by atoms with E-state index < -0.39 is 29.3 Å². The van der Waals surface area contributed by atoms with Crippen LogP contribution >= 0.6 is 0 Å². The second-order valence-electron chi connectivity index (χ2n) is 10.1. The van der Waals surface area contributed by atoms with Crippen LogP contribution in [0.15, 0.2) is 18.5 Å². The number of esters is 1. The van der Waals surface area contributed by atoms with Gasteiger partial charge in [-0.15, -0.1) is 0 Å². The molecule has 4 rings (SSSR count). The monoisotopic (exact) mass is 512 g/mol. The van der Waals surface area contributed by atoms with E-state index in [2.05, 4.69) is 21.5 Å². The molecule has 1 aliphatic heterocycles. The quantitative estimate of drug-likeness (QED) is 0.484. The molecule has 3 atom stereocenters. The smallest absolute Gasteiger partial charge is 0.306 e. The highest BCUT2D eigenvalue weighted by Crippen LogP contribution is 2.40. The van der Waals surface area contributed by atoms with E-state index in [1.54, 1.807) is 32.9 Å². The minimum Gasteiger partial charge on any atom is -0.463 e. The number of aliphatic hydroxyl groups excluding tert-OH is 1. The first-order chi connectivity index (χ1) is 17.7. The van der Waals surface area contributed by atoms with Gasteiger partial charge in [-0.25, -0.2) is 9.50 Å². The van der Waals surface area contributed by atoms with Gasteiger partial charge in [0.1, 0.15) is 42.3 Å². The highest BCUT2D eigenvalue weighted by atomic mass is 16.6. The molecular formula is C26H34N5O6. The average Bonchev–Trinajstić information content (AvgIpc) is 3.45. The number of carbonyl (C=O) groups excluding carboxylic acids is 2. The first-order valence-corrected chi connectivity index (χ1v) is 12.8. The van der Waals surface area contributed by atoms with E-state index in [4.69, 9.17) is 14.2 Å². The largest absolute Gasteiger partial charge is 0.463 e. The Hall–Kier alpha value is -3.07. The molecule has 2 aromatic rings. The summed E-state index contributed by atoms with van der Waals surface area (Å²) < 4.78 is 18.3. The number of carbonyl (C=O) groups is 2. The molecule has 1 saturated carbocycles. The Bertz CT molecular complexity index is 1170. The highest BCUT2D eigenvalue weighted by Gasteiger charge is 2.52. The number of hydrogen-bond acceptors (Lipinski definition) is 9. The summed E-state index contributed by atoms with van der Waals surface area (Å²) in [5.74, 6) is -0.131. The molecule has 0 aromatic carbocycles. The summed E-state index contributed by atoms with van der Waals surface area (Å²) in [7, 11) is 0. The van der Waals surface area contributed by atoms with E-state index in [-0.39, 0.29) is 24.1 Å². The molecule has 1 radical (unpaired) electrons. The number of anilines is 1. The summed E-state index contributed by atoms with van der Waals surface area (Å²) in [6.07, 6.45) is 6.53. The number of nitrogens with zero attached hydrogens (tertiary/aromatic N) is 4. The van der Waals surface area contributed by atoms with E-state index in [0.29, 0.717) is 24.5 Å². The van der Waals surface area contributed by atoms with Crippen molar-refractivity contribution in [2.45, 2.75) is 82.7 Å². The SMILES string of the molecule is CCOC(C)(C)C(=O)Nc1ncnn2c([C@]3(C#N)O[C@@H](COC(=O)CC4CCCCC4)[CH][C@H]3O)ccc12. The fraction of sp³-hybridized carbons (Fsp3) is 0.615. The van der Waals surface area contributed by atoms with Crippen molar-refractivity contribution < 1.29 is 28.9 Å². The third-order valence-corrected chi connectivity index (χ3v) is 7.02. The maximum absolute atomic E-state index is 12.7. The number of amides is 1. The third kappa shape index (κ3) is 5.61. The van der Waals surface area contributed by atoms with Gasteiger partial charge in [0.05, 0.1) is 5.69 Å². The fourth-order valence-electron chi connectivity index (χ4n) is 4.99. The van der Waals surface area contributed by atoms with Gasteiger partial charge >= 0.3 is 5.97 Å². The van der Waals surface area contributed by atoms with Gasteiger partial charge in [0.2, 0.25) is 5.60 Å². The van der Waals surface area contributed by atoms with Gasteiger partial charge < -0.3 is 24.6 Å². The van der Waals surface area contributed by atoms with Crippen molar-refractivity contribution in [1.82, 2.24) is 14.6 Å². The topological polar surface area (TPSA) is 148 Å². The Morgan fingerprint density at radius 3 is 2.78 bits per heavy atom. The third-order valence-electron chi connectivity index (χ3n) is 7.02. The van der Waals surface area contributed by atoms with Crippen molar-refractivity contribution in [3.8, 4) is 6.07 Å². The lowest BCUT2D eigenvalue weighted by molar-refractivity contribution is -0.150. The van der Waals surface area contributed by atoms with Crippen molar-refractivity contribution >= 4 is 23.2 Å². The molecule has 2 aliphatic rings. The predicted octanol–water partition coefficient (Wildman–Crippen LogP) is 2.68. The summed E-state index contributed by atoms with van der Waals surface area (Å²) >= 11 is 0. The van der Waals surface area contributed by atoms with Crippen LogP contribution in [-0.4, -0.2) is 62.6 Å². The molecule has 199 valence electrons. The molecule has 11 nitrogen and oxygen atoms in total. The van der Waals surface area contributed by atoms with Crippen molar-refractivity contribution in [1.29, 1.82) is 5.26 Å². The normalized spacial score (nSPS) is 24.6. The number of hydrogen-bond donors (Lipinski definition) is 2. The van der Waals surface area contributed by atoms with Gasteiger partial charge in [0.15, 0.2) is 5.82 Å². The Balaban J connectivity index is 1.48. The lowest BCUT2D eigenvalue weighted by Crippen LogP contribution is -2.40. The zero-order chi connectivity index (χ0) is 26.6. The van der Waals surface area contributed by atoms with Gasteiger partial charge in [-0.05, 0) is 51.7 Å². The Kier molecular flexibility index (Phi) is 8.11. The molecule has 0 unspecified atom stereocenters. The molecule has 0 bridgehead atoms. The van der Waals surface area contributed by atoms with Crippen molar-refractivity contribution in [3.63, 3.8) is 0 Å². The molecule has 2 aromatic heterocycles. The summed E-state index contributed by atoms with van der Waals surface area (Å²) in [6, 6.07) is 5.29. The summed E-state index contributed by atoms with van der Waals surface area (Å²) in [4.78, 5) is 29.2. The van der Waals surface area contributed by atoms with Crippen LogP contribution in [0.5, 0.6) is 0 Å². The number of nitriles is 1. The molecule has 2 fully saturated rings. The van der Waals surface area contributed by atoms with Crippen LogP contribution in [-0.2, 0) is 29.4 Å². The number of fused-ring (bicyclic) bond motifs is 1. The molecular weight excluding hydrogens is 478 g/mol. The molecule has 1 saturated heterocycles.